The summed E-state index contributed by atoms with van der Waals surface area (Å²) < 4.78 is 26.8. The van der Waals surface area contributed by atoms with Crippen LogP contribution in [0.5, 0.6) is 5.75 Å². The third kappa shape index (κ3) is 3.21. The van der Waals surface area contributed by atoms with Crippen molar-refractivity contribution in [3.63, 3.8) is 0 Å². The number of halogens is 1. The van der Waals surface area contributed by atoms with Crippen LogP contribution >= 0.6 is 10.7 Å². The second kappa shape index (κ2) is 4.20. The van der Waals surface area contributed by atoms with E-state index in [1.54, 1.807) is 6.92 Å². The molecule has 0 fully saturated rings. The Morgan fingerprint density at radius 1 is 1.40 bits per heavy atom. The van der Waals surface area contributed by atoms with Gasteiger partial charge in [0.05, 0.1) is 4.90 Å². The molecule has 0 unspecified atom stereocenters. The van der Waals surface area contributed by atoms with Gasteiger partial charge >= 0.3 is 5.97 Å². The van der Waals surface area contributed by atoms with Crippen molar-refractivity contribution in [2.24, 2.45) is 0 Å². The first-order valence-corrected chi connectivity index (χ1v) is 6.35. The van der Waals surface area contributed by atoms with Gasteiger partial charge < -0.3 is 4.74 Å². The molecule has 6 heteroatoms. The average Bonchev–Trinajstić information content (AvgIpc) is 2.06. The lowest BCUT2D eigenvalue weighted by Gasteiger charge is -2.06. The number of aryl methyl sites for hydroxylation is 1. The Morgan fingerprint density at radius 3 is 2.47 bits per heavy atom. The van der Waals surface area contributed by atoms with E-state index >= 15 is 0 Å². The lowest BCUT2D eigenvalue weighted by atomic mass is 10.2. The first-order chi connectivity index (χ1) is 6.80. The lowest BCUT2D eigenvalue weighted by Crippen LogP contribution is -2.03. The molecule has 0 radical (unpaired) electrons. The predicted octanol–water partition coefficient (Wildman–Crippen LogP) is 1.85. The highest BCUT2D eigenvalue weighted by Gasteiger charge is 2.13. The third-order valence-corrected chi connectivity index (χ3v) is 3.05. The summed E-state index contributed by atoms with van der Waals surface area (Å²) in [6, 6.07) is 4.09. The largest absolute Gasteiger partial charge is 0.426 e. The van der Waals surface area contributed by atoms with Crippen molar-refractivity contribution < 1.29 is 17.9 Å². The first kappa shape index (κ1) is 12.0. The summed E-state index contributed by atoms with van der Waals surface area (Å²) in [6.45, 7) is 2.93. The maximum Gasteiger partial charge on any atom is 0.308 e. The number of hydrogen-bond acceptors (Lipinski definition) is 4. The maximum atomic E-state index is 11.0. The van der Waals surface area contributed by atoms with Crippen molar-refractivity contribution in [3.05, 3.63) is 23.8 Å². The Bertz CT molecular complexity index is 493. The summed E-state index contributed by atoms with van der Waals surface area (Å²) in [5.41, 5.74) is 0.661. The number of carbonyl (C=O) groups is 1. The quantitative estimate of drug-likeness (QED) is 0.455. The van der Waals surface area contributed by atoms with Gasteiger partial charge in [0.2, 0.25) is 0 Å². The first-order valence-electron chi connectivity index (χ1n) is 4.04. The lowest BCUT2D eigenvalue weighted by molar-refractivity contribution is -0.131. The molecule has 0 aliphatic carbocycles. The molecule has 0 amide bonds. The van der Waals surface area contributed by atoms with Crippen LogP contribution in [0.3, 0.4) is 0 Å². The second-order valence-electron chi connectivity index (χ2n) is 2.96. The molecule has 0 aromatic heterocycles. The molecule has 0 saturated carbocycles. The van der Waals surface area contributed by atoms with Crippen molar-refractivity contribution in [1.82, 2.24) is 0 Å². The molecule has 0 N–H and O–H groups in total. The Kier molecular flexibility index (Phi) is 3.36. The van der Waals surface area contributed by atoms with Crippen LogP contribution < -0.4 is 4.74 Å². The normalized spacial score (nSPS) is 11.1. The fourth-order valence-electron chi connectivity index (χ4n) is 0.997. The summed E-state index contributed by atoms with van der Waals surface area (Å²) in [7, 11) is 1.35. The Balaban J connectivity index is 3.23. The Labute approximate surface area is 92.2 Å². The number of carbonyl (C=O) groups excluding carboxylic acids is 1. The van der Waals surface area contributed by atoms with E-state index in [1.165, 1.54) is 25.1 Å². The van der Waals surface area contributed by atoms with Crippen LogP contribution in [-0.2, 0) is 13.8 Å². The Morgan fingerprint density at radius 2 is 2.00 bits per heavy atom. The highest BCUT2D eigenvalue weighted by molar-refractivity contribution is 8.13. The fraction of sp³-hybridized carbons (Fsp3) is 0.222. The zero-order valence-corrected chi connectivity index (χ0v) is 9.72. The van der Waals surface area contributed by atoms with Gasteiger partial charge in [-0.2, -0.15) is 0 Å². The van der Waals surface area contributed by atoms with Gasteiger partial charge in [0, 0.05) is 23.7 Å². The molecule has 1 rings (SSSR count). The van der Waals surface area contributed by atoms with Gasteiger partial charge in [-0.15, -0.1) is 0 Å². The van der Waals surface area contributed by atoms with E-state index in [-0.39, 0.29) is 10.6 Å². The minimum Gasteiger partial charge on any atom is -0.426 e. The average molecular weight is 249 g/mol. The molecule has 0 heterocycles. The van der Waals surface area contributed by atoms with Crippen molar-refractivity contribution in [2.75, 3.05) is 0 Å². The summed E-state index contributed by atoms with van der Waals surface area (Å²) >= 11 is 0. The molecule has 0 atom stereocenters. The van der Waals surface area contributed by atoms with E-state index in [4.69, 9.17) is 15.4 Å². The summed E-state index contributed by atoms with van der Waals surface area (Å²) in [4.78, 5) is 10.6. The van der Waals surface area contributed by atoms with Gasteiger partial charge in [0.15, 0.2) is 0 Å². The van der Waals surface area contributed by atoms with Gasteiger partial charge in [-0.1, -0.05) is 6.07 Å². The number of hydrogen-bond donors (Lipinski definition) is 0. The molecule has 0 aliphatic heterocycles. The van der Waals surface area contributed by atoms with E-state index in [0.717, 1.165) is 0 Å². The second-order valence-corrected chi connectivity index (χ2v) is 5.52. The van der Waals surface area contributed by atoms with Crippen LogP contribution in [0.1, 0.15) is 12.5 Å². The SMILES string of the molecule is CC(=O)Oc1cc(S(=O)(=O)Cl)ccc1C. The van der Waals surface area contributed by atoms with Crippen molar-refractivity contribution in [2.45, 2.75) is 18.7 Å². The van der Waals surface area contributed by atoms with E-state index in [0.29, 0.717) is 5.56 Å². The van der Waals surface area contributed by atoms with E-state index < -0.39 is 15.0 Å². The van der Waals surface area contributed by atoms with Crippen LogP contribution in [0.25, 0.3) is 0 Å². The molecule has 0 spiro atoms. The molecule has 82 valence electrons. The van der Waals surface area contributed by atoms with Gasteiger partial charge in [-0.05, 0) is 18.6 Å². The smallest absolute Gasteiger partial charge is 0.308 e. The van der Waals surface area contributed by atoms with E-state index in [9.17, 15) is 13.2 Å². The van der Waals surface area contributed by atoms with Gasteiger partial charge in [0.25, 0.3) is 9.05 Å². The monoisotopic (exact) mass is 248 g/mol. The molecule has 1 aromatic rings. The molecule has 1 aromatic carbocycles. The van der Waals surface area contributed by atoms with Crippen LogP contribution in [-0.4, -0.2) is 14.4 Å². The highest BCUT2D eigenvalue weighted by Crippen LogP contribution is 2.24. The molecule has 0 bridgehead atoms. The van der Waals surface area contributed by atoms with Crippen LogP contribution in [0.2, 0.25) is 0 Å². The molecule has 4 nitrogen and oxygen atoms in total. The maximum absolute atomic E-state index is 11.0. The number of benzene rings is 1. The van der Waals surface area contributed by atoms with Crippen molar-refractivity contribution >= 4 is 25.7 Å². The van der Waals surface area contributed by atoms with Crippen LogP contribution in [0.15, 0.2) is 23.1 Å². The number of ether oxygens (including phenoxy) is 1. The third-order valence-electron chi connectivity index (χ3n) is 1.69. The predicted molar refractivity (Wildman–Crippen MR) is 55.5 cm³/mol. The topological polar surface area (TPSA) is 60.4 Å². The van der Waals surface area contributed by atoms with E-state index in [2.05, 4.69) is 0 Å². The summed E-state index contributed by atoms with van der Waals surface area (Å²) in [6.07, 6.45) is 0. The molecular formula is C9H9ClO4S. The highest BCUT2D eigenvalue weighted by atomic mass is 35.7. The minimum atomic E-state index is -3.80. The Hall–Kier alpha value is -1.07. The van der Waals surface area contributed by atoms with Crippen LogP contribution in [0.4, 0.5) is 0 Å². The number of rotatable bonds is 2. The molecule has 0 aliphatic rings. The van der Waals surface area contributed by atoms with Gasteiger partial charge in [0.1, 0.15) is 5.75 Å². The fourth-order valence-corrected chi connectivity index (χ4v) is 1.76. The summed E-state index contributed by atoms with van der Waals surface area (Å²) in [5.74, 6) is -0.313. The van der Waals surface area contributed by atoms with E-state index in [1.807, 2.05) is 0 Å². The number of esters is 1. The molecular weight excluding hydrogens is 240 g/mol. The molecule has 0 saturated heterocycles. The molecule has 15 heavy (non-hydrogen) atoms. The standard InChI is InChI=1S/C9H9ClO4S/c1-6-3-4-8(15(10,12)13)5-9(6)14-7(2)11/h3-5H,1-2H3. The van der Waals surface area contributed by atoms with Gasteiger partial charge in [-0.25, -0.2) is 8.42 Å². The zero-order chi connectivity index (χ0) is 11.6. The van der Waals surface area contributed by atoms with Crippen molar-refractivity contribution in [1.29, 1.82) is 0 Å². The minimum absolute atomic E-state index is 0.0917. The van der Waals surface area contributed by atoms with Gasteiger partial charge in [-0.3, -0.25) is 4.79 Å². The zero-order valence-electron chi connectivity index (χ0n) is 8.15. The summed E-state index contributed by atoms with van der Waals surface area (Å²) in [5, 5.41) is 0. The van der Waals surface area contributed by atoms with Crippen molar-refractivity contribution in [3.8, 4) is 5.75 Å². The van der Waals surface area contributed by atoms with Crippen LogP contribution in [0, 0.1) is 6.92 Å².